The molecule has 0 saturated heterocycles. The molecule has 0 radical (unpaired) electrons. The first kappa shape index (κ1) is 22.1. The van der Waals surface area contributed by atoms with E-state index in [4.69, 9.17) is 28.3 Å². The van der Waals surface area contributed by atoms with Crippen LogP contribution in [0.25, 0.3) is 0 Å². The highest BCUT2D eigenvalue weighted by molar-refractivity contribution is 6.31. The third-order valence-corrected chi connectivity index (χ3v) is 5.87. The molecule has 166 valence electrons. The number of rotatable bonds is 7. The number of carboxylic acids is 1. The van der Waals surface area contributed by atoms with Gasteiger partial charge in [0.15, 0.2) is 0 Å². The minimum atomic E-state index is -0.937. The molecular weight excluding hydrogens is 453 g/mol. The zero-order valence-corrected chi connectivity index (χ0v) is 18.5. The minimum absolute atomic E-state index is 0.0654. The molecule has 1 amide bonds. The highest BCUT2D eigenvalue weighted by atomic mass is 35.5. The maximum atomic E-state index is 12.2. The lowest BCUT2D eigenvalue weighted by Gasteiger charge is -2.32. The van der Waals surface area contributed by atoms with E-state index >= 15 is 0 Å². The highest BCUT2D eigenvalue weighted by Gasteiger charge is 2.32. The number of carbonyl (C=O) groups is 2. The van der Waals surface area contributed by atoms with Crippen molar-refractivity contribution in [1.82, 2.24) is 14.8 Å². The van der Waals surface area contributed by atoms with Gasteiger partial charge in [0.05, 0.1) is 12.1 Å². The molecule has 1 aromatic heterocycles. The van der Waals surface area contributed by atoms with Crippen molar-refractivity contribution in [3.63, 3.8) is 0 Å². The fraction of sp³-hybridized carbons (Fsp3) is 0.273. The molecule has 10 heteroatoms. The molecule has 2 heterocycles. The van der Waals surface area contributed by atoms with Crippen LogP contribution in [-0.4, -0.2) is 31.7 Å². The Kier molecular flexibility index (Phi) is 6.62. The molecule has 32 heavy (non-hydrogen) atoms. The molecule has 0 spiro atoms. The lowest BCUT2D eigenvalue weighted by atomic mass is 9.93. The van der Waals surface area contributed by atoms with E-state index in [0.29, 0.717) is 22.4 Å². The number of nitrogens with one attached hydrogen (secondary N) is 2. The van der Waals surface area contributed by atoms with E-state index in [9.17, 15) is 9.59 Å². The molecule has 0 saturated carbocycles. The lowest BCUT2D eigenvalue weighted by molar-refractivity contribution is -0.137. The summed E-state index contributed by atoms with van der Waals surface area (Å²) in [5.74, 6) is -0.616. The molecule has 0 fully saturated rings. The molecule has 3 N–H and O–H groups in total. The summed E-state index contributed by atoms with van der Waals surface area (Å²) in [7, 11) is 0. The average Bonchev–Trinajstić information content (AvgIpc) is 3.16. The predicted octanol–water partition coefficient (Wildman–Crippen LogP) is 4.92. The number of nitrogens with zero attached hydrogens (tertiary/aromatic N) is 3. The molecule has 1 aliphatic heterocycles. The van der Waals surface area contributed by atoms with Crippen LogP contribution in [0.1, 0.15) is 48.9 Å². The summed E-state index contributed by atoms with van der Waals surface area (Å²) in [5.41, 5.74) is 1.94. The van der Waals surface area contributed by atoms with E-state index in [1.807, 2.05) is 48.5 Å². The number of carbonyl (C=O) groups excluding carboxylic acids is 1. The van der Waals surface area contributed by atoms with Gasteiger partial charge in [-0.3, -0.25) is 14.9 Å². The largest absolute Gasteiger partial charge is 0.481 e. The summed E-state index contributed by atoms with van der Waals surface area (Å²) in [4.78, 5) is 27.3. The smallest absolute Gasteiger partial charge is 0.303 e. The Hall–Kier alpha value is -3.10. The predicted molar refractivity (Wildman–Crippen MR) is 122 cm³/mol. The van der Waals surface area contributed by atoms with Crippen LogP contribution in [0, 0.1) is 0 Å². The third-order valence-electron chi connectivity index (χ3n) is 5.27. The van der Waals surface area contributed by atoms with Gasteiger partial charge in [-0.05, 0) is 42.2 Å². The molecule has 0 bridgehead atoms. The van der Waals surface area contributed by atoms with E-state index in [1.165, 1.54) is 0 Å². The van der Waals surface area contributed by atoms with Crippen molar-refractivity contribution < 1.29 is 14.7 Å². The number of fused-ring (bicyclic) bond motifs is 1. The molecule has 3 aromatic rings. The molecule has 2 aromatic carbocycles. The van der Waals surface area contributed by atoms with Crippen LogP contribution in [0.5, 0.6) is 0 Å². The fourth-order valence-corrected chi connectivity index (χ4v) is 4.12. The van der Waals surface area contributed by atoms with Crippen LogP contribution in [-0.2, 0) is 9.59 Å². The molecular formula is C22H21Cl2N5O3. The zero-order chi connectivity index (χ0) is 22.7. The maximum Gasteiger partial charge on any atom is 0.303 e. The van der Waals surface area contributed by atoms with Crippen molar-refractivity contribution in [3.05, 3.63) is 69.7 Å². The van der Waals surface area contributed by atoms with Gasteiger partial charge < -0.3 is 10.4 Å². The second kappa shape index (κ2) is 9.58. The summed E-state index contributed by atoms with van der Waals surface area (Å²) in [6.45, 7) is 0. The Morgan fingerprint density at radius 2 is 1.88 bits per heavy atom. The van der Waals surface area contributed by atoms with E-state index in [2.05, 4.69) is 20.7 Å². The second-order valence-electron chi connectivity index (χ2n) is 7.52. The fourth-order valence-electron chi connectivity index (χ4n) is 3.74. The summed E-state index contributed by atoms with van der Waals surface area (Å²) >= 11 is 12.5. The van der Waals surface area contributed by atoms with Gasteiger partial charge in [-0.15, -0.1) is 5.10 Å². The Morgan fingerprint density at radius 1 is 1.12 bits per heavy atom. The number of amides is 1. The first-order chi connectivity index (χ1) is 15.4. The van der Waals surface area contributed by atoms with Crippen LogP contribution < -0.4 is 10.6 Å². The number of carboxylic acid groups (broad SMARTS) is 1. The van der Waals surface area contributed by atoms with Gasteiger partial charge in [0.25, 0.3) is 5.95 Å². The molecule has 8 nitrogen and oxygen atoms in total. The number of benzene rings is 2. The van der Waals surface area contributed by atoms with Crippen molar-refractivity contribution in [3.8, 4) is 0 Å². The van der Waals surface area contributed by atoms with Crippen molar-refractivity contribution in [2.75, 3.05) is 10.6 Å². The number of aromatic nitrogens is 3. The van der Waals surface area contributed by atoms with Crippen molar-refractivity contribution >= 4 is 47.0 Å². The molecule has 2 atom stereocenters. The SMILES string of the molecule is O=C(O)CCCC(=O)Nc1nc2n(n1)[C@H](c1ccccc1Cl)C[C@H](c1ccc(Cl)cc1)N2. The van der Waals surface area contributed by atoms with Crippen molar-refractivity contribution in [2.24, 2.45) is 0 Å². The molecule has 0 unspecified atom stereocenters. The number of anilines is 2. The Labute approximate surface area is 194 Å². The number of hydrogen-bond donors (Lipinski definition) is 3. The Morgan fingerprint density at radius 3 is 2.59 bits per heavy atom. The molecule has 4 rings (SSSR count). The van der Waals surface area contributed by atoms with Gasteiger partial charge in [-0.1, -0.05) is 53.5 Å². The van der Waals surface area contributed by atoms with Crippen LogP contribution >= 0.6 is 23.2 Å². The van der Waals surface area contributed by atoms with Gasteiger partial charge in [0, 0.05) is 22.9 Å². The third kappa shape index (κ3) is 5.03. The summed E-state index contributed by atoms with van der Waals surface area (Å²) < 4.78 is 1.72. The molecule has 1 aliphatic rings. The van der Waals surface area contributed by atoms with E-state index in [1.54, 1.807) is 4.68 Å². The zero-order valence-electron chi connectivity index (χ0n) is 17.0. The van der Waals surface area contributed by atoms with Crippen molar-refractivity contribution in [2.45, 2.75) is 37.8 Å². The van der Waals surface area contributed by atoms with Gasteiger partial charge in [-0.25, -0.2) is 4.68 Å². The van der Waals surface area contributed by atoms with E-state index in [-0.39, 0.29) is 43.2 Å². The van der Waals surface area contributed by atoms with Gasteiger partial charge in [0.2, 0.25) is 11.9 Å². The van der Waals surface area contributed by atoms with Crippen LogP contribution in [0.4, 0.5) is 11.9 Å². The maximum absolute atomic E-state index is 12.2. The molecule has 0 aliphatic carbocycles. The normalized spacial score (nSPS) is 17.3. The monoisotopic (exact) mass is 473 g/mol. The number of aliphatic carboxylic acids is 1. The van der Waals surface area contributed by atoms with Crippen molar-refractivity contribution in [1.29, 1.82) is 0 Å². The van der Waals surface area contributed by atoms with Gasteiger partial charge in [0.1, 0.15) is 0 Å². The van der Waals surface area contributed by atoms with E-state index in [0.717, 1.165) is 11.1 Å². The van der Waals surface area contributed by atoms with Gasteiger partial charge in [-0.2, -0.15) is 4.98 Å². The second-order valence-corrected chi connectivity index (χ2v) is 8.36. The first-order valence-corrected chi connectivity index (χ1v) is 10.9. The van der Waals surface area contributed by atoms with E-state index < -0.39 is 5.97 Å². The average molecular weight is 474 g/mol. The Balaban J connectivity index is 1.61. The standard InChI is InChI=1S/C22H21Cl2N5O3/c23-14-10-8-13(9-11-14)17-12-18(15-4-1-2-5-16(15)24)29-22(25-17)27-21(28-29)26-19(30)6-3-7-20(31)32/h1-2,4-5,8-11,17-18H,3,6-7,12H2,(H,31,32)(H2,25,26,27,28,30)/t17-,18+/m1/s1. The lowest BCUT2D eigenvalue weighted by Crippen LogP contribution is -2.28. The first-order valence-electron chi connectivity index (χ1n) is 10.2. The number of halogens is 2. The van der Waals surface area contributed by atoms with Crippen LogP contribution in [0.3, 0.4) is 0 Å². The quantitative estimate of drug-likeness (QED) is 0.448. The number of hydrogen-bond acceptors (Lipinski definition) is 5. The Bertz CT molecular complexity index is 1130. The highest BCUT2D eigenvalue weighted by Crippen LogP contribution is 2.40. The van der Waals surface area contributed by atoms with Crippen LogP contribution in [0.2, 0.25) is 10.0 Å². The minimum Gasteiger partial charge on any atom is -0.481 e. The topological polar surface area (TPSA) is 109 Å². The summed E-state index contributed by atoms with van der Waals surface area (Å²) in [5, 5.41) is 20.5. The summed E-state index contributed by atoms with van der Waals surface area (Å²) in [6, 6.07) is 14.9. The summed E-state index contributed by atoms with van der Waals surface area (Å²) in [6.07, 6.45) is 0.909. The van der Waals surface area contributed by atoms with Crippen LogP contribution in [0.15, 0.2) is 48.5 Å². The van der Waals surface area contributed by atoms with Gasteiger partial charge >= 0.3 is 5.97 Å².